The number of rotatable bonds is 2. The van der Waals surface area contributed by atoms with E-state index in [1.54, 1.807) is 6.92 Å². The molecule has 7 heteroatoms. The van der Waals surface area contributed by atoms with Crippen molar-refractivity contribution in [3.63, 3.8) is 0 Å². The van der Waals surface area contributed by atoms with E-state index in [9.17, 15) is 24.9 Å². The van der Waals surface area contributed by atoms with Crippen molar-refractivity contribution in [3.8, 4) is 0 Å². The van der Waals surface area contributed by atoms with Crippen LogP contribution in [-0.2, 0) is 19.1 Å². The molecule has 0 heterocycles. The number of ether oxygens (including phenoxy) is 2. The maximum Gasteiger partial charge on any atom is 0.303 e. The Morgan fingerprint density at radius 3 is 2.13 bits per heavy atom. The molecular weight excluding hydrogens is 400 g/mol. The van der Waals surface area contributed by atoms with Gasteiger partial charge < -0.3 is 24.8 Å². The summed E-state index contributed by atoms with van der Waals surface area (Å²) in [5.41, 5.74) is 0.547. The molecule has 7 nitrogen and oxygen atoms in total. The van der Waals surface area contributed by atoms with E-state index in [0.717, 1.165) is 0 Å². The first kappa shape index (κ1) is 24.0. The van der Waals surface area contributed by atoms with Gasteiger partial charge in [-0.05, 0) is 60.2 Å². The fourth-order valence-corrected chi connectivity index (χ4v) is 6.41. The molecule has 0 radical (unpaired) electrons. The molecule has 0 aromatic carbocycles. The minimum absolute atomic E-state index is 0.304. The molecule has 8 atom stereocenters. The molecule has 2 fully saturated rings. The van der Waals surface area contributed by atoms with E-state index in [4.69, 9.17) is 9.47 Å². The lowest BCUT2D eigenvalue weighted by molar-refractivity contribution is -0.175. The SMILES string of the molecule is C=C1C(O)CCC2(C)C1CC1C(O)C(OC(C)=O)C(C)=C(C(OC(C)=O)C2O)C1(C)C. The van der Waals surface area contributed by atoms with Crippen molar-refractivity contribution >= 4 is 11.9 Å². The van der Waals surface area contributed by atoms with Crippen LogP contribution < -0.4 is 0 Å². The third kappa shape index (κ3) is 3.74. The number of carbonyl (C=O) groups is 2. The first-order valence-corrected chi connectivity index (χ1v) is 11.0. The molecule has 2 bridgehead atoms. The van der Waals surface area contributed by atoms with Crippen molar-refractivity contribution in [2.75, 3.05) is 0 Å². The third-order valence-electron chi connectivity index (χ3n) is 8.15. The number of esters is 2. The molecule has 3 N–H and O–H groups in total. The maximum atomic E-state index is 12.1. The van der Waals surface area contributed by atoms with Gasteiger partial charge in [-0.25, -0.2) is 0 Å². The highest BCUT2D eigenvalue weighted by molar-refractivity contribution is 5.67. The molecule has 2 saturated carbocycles. The maximum absolute atomic E-state index is 12.1. The summed E-state index contributed by atoms with van der Waals surface area (Å²) < 4.78 is 11.2. The fourth-order valence-electron chi connectivity index (χ4n) is 6.41. The predicted octanol–water partition coefficient (Wildman–Crippen LogP) is 2.28. The third-order valence-corrected chi connectivity index (χ3v) is 8.15. The molecule has 3 rings (SSSR count). The van der Waals surface area contributed by atoms with Crippen LogP contribution in [0.3, 0.4) is 0 Å². The number of hydrogen-bond donors (Lipinski definition) is 3. The smallest absolute Gasteiger partial charge is 0.303 e. The van der Waals surface area contributed by atoms with Gasteiger partial charge in [0.05, 0.1) is 12.2 Å². The van der Waals surface area contributed by atoms with Crippen molar-refractivity contribution in [3.05, 3.63) is 23.3 Å². The molecular formula is C24H36O7. The number of aliphatic hydroxyl groups is 3. The van der Waals surface area contributed by atoms with E-state index in [1.165, 1.54) is 13.8 Å². The van der Waals surface area contributed by atoms with Gasteiger partial charge in [0.2, 0.25) is 0 Å². The summed E-state index contributed by atoms with van der Waals surface area (Å²) in [6, 6.07) is 0. The van der Waals surface area contributed by atoms with Crippen LogP contribution in [0.25, 0.3) is 0 Å². The van der Waals surface area contributed by atoms with Gasteiger partial charge in [-0.2, -0.15) is 0 Å². The van der Waals surface area contributed by atoms with Gasteiger partial charge in [0.1, 0.15) is 12.2 Å². The lowest BCUT2D eigenvalue weighted by atomic mass is 9.50. The first-order valence-electron chi connectivity index (χ1n) is 11.0. The van der Waals surface area contributed by atoms with E-state index >= 15 is 0 Å². The molecule has 0 aromatic rings. The zero-order chi connectivity index (χ0) is 23.5. The second-order valence-electron chi connectivity index (χ2n) is 10.3. The summed E-state index contributed by atoms with van der Waals surface area (Å²) in [7, 11) is 0. The zero-order valence-corrected chi connectivity index (χ0v) is 19.3. The molecule has 174 valence electrons. The van der Waals surface area contributed by atoms with Gasteiger partial charge in [0.15, 0.2) is 6.10 Å². The fraction of sp³-hybridized carbons (Fsp3) is 0.750. The van der Waals surface area contributed by atoms with Crippen LogP contribution >= 0.6 is 0 Å². The first-order chi connectivity index (χ1) is 14.2. The van der Waals surface area contributed by atoms with Crippen LogP contribution in [0.2, 0.25) is 0 Å². The van der Waals surface area contributed by atoms with E-state index in [1.807, 2.05) is 20.8 Å². The van der Waals surface area contributed by atoms with Gasteiger partial charge in [0.25, 0.3) is 0 Å². The van der Waals surface area contributed by atoms with E-state index < -0.39 is 53.3 Å². The summed E-state index contributed by atoms with van der Waals surface area (Å²) in [6.45, 7) is 14.3. The zero-order valence-electron chi connectivity index (χ0n) is 19.3. The largest absolute Gasteiger partial charge is 0.455 e. The molecule has 0 saturated heterocycles. The Morgan fingerprint density at radius 1 is 1.03 bits per heavy atom. The predicted molar refractivity (Wildman–Crippen MR) is 114 cm³/mol. The number of hydrogen-bond acceptors (Lipinski definition) is 7. The van der Waals surface area contributed by atoms with E-state index in [0.29, 0.717) is 36.0 Å². The van der Waals surface area contributed by atoms with Gasteiger partial charge >= 0.3 is 11.9 Å². The molecule has 0 spiro atoms. The Morgan fingerprint density at radius 2 is 1.58 bits per heavy atom. The van der Waals surface area contributed by atoms with Crippen molar-refractivity contribution < 1.29 is 34.4 Å². The summed E-state index contributed by atoms with van der Waals surface area (Å²) in [4.78, 5) is 23.9. The Hall–Kier alpha value is -1.70. The summed E-state index contributed by atoms with van der Waals surface area (Å²) in [5.74, 6) is -1.72. The van der Waals surface area contributed by atoms with Gasteiger partial charge in [-0.1, -0.05) is 27.4 Å². The number of carbonyl (C=O) groups excluding carboxylic acids is 2. The summed E-state index contributed by atoms with van der Waals surface area (Å²) >= 11 is 0. The topological polar surface area (TPSA) is 113 Å². The molecule has 0 amide bonds. The highest BCUT2D eigenvalue weighted by atomic mass is 16.6. The molecule has 3 aliphatic carbocycles. The summed E-state index contributed by atoms with van der Waals surface area (Å²) in [5, 5.41) is 33.5. The van der Waals surface area contributed by atoms with Crippen LogP contribution in [-0.4, -0.2) is 57.8 Å². The number of aliphatic hydroxyl groups excluding tert-OH is 3. The second kappa shape index (κ2) is 8.01. The lowest BCUT2D eigenvalue weighted by Crippen LogP contribution is -2.61. The Labute approximate surface area is 184 Å². The highest BCUT2D eigenvalue weighted by Gasteiger charge is 2.60. The van der Waals surface area contributed by atoms with Crippen LogP contribution in [0, 0.1) is 22.7 Å². The molecule has 3 aliphatic rings. The Balaban J connectivity index is 2.27. The van der Waals surface area contributed by atoms with E-state index in [2.05, 4.69) is 6.58 Å². The van der Waals surface area contributed by atoms with Gasteiger partial charge in [-0.3, -0.25) is 9.59 Å². The highest BCUT2D eigenvalue weighted by Crippen LogP contribution is 2.59. The van der Waals surface area contributed by atoms with Crippen molar-refractivity contribution in [1.82, 2.24) is 0 Å². The Bertz CT molecular complexity index is 813. The van der Waals surface area contributed by atoms with Crippen molar-refractivity contribution in [2.24, 2.45) is 22.7 Å². The molecule has 31 heavy (non-hydrogen) atoms. The van der Waals surface area contributed by atoms with Gasteiger partial charge in [-0.15, -0.1) is 0 Å². The van der Waals surface area contributed by atoms with Crippen LogP contribution in [0.4, 0.5) is 0 Å². The van der Waals surface area contributed by atoms with Crippen molar-refractivity contribution in [1.29, 1.82) is 0 Å². The normalized spacial score (nSPS) is 42.2. The monoisotopic (exact) mass is 436 g/mol. The van der Waals surface area contributed by atoms with E-state index in [-0.39, 0.29) is 11.8 Å². The number of fused-ring (bicyclic) bond motifs is 3. The minimum atomic E-state index is -1.05. The van der Waals surface area contributed by atoms with Crippen molar-refractivity contribution in [2.45, 2.75) is 91.3 Å². The summed E-state index contributed by atoms with van der Waals surface area (Å²) in [6.07, 6.45) is -3.14. The molecule has 0 aromatic heterocycles. The minimum Gasteiger partial charge on any atom is -0.455 e. The quantitative estimate of drug-likeness (QED) is 0.450. The second-order valence-corrected chi connectivity index (χ2v) is 10.3. The average Bonchev–Trinajstić information content (AvgIpc) is 2.65. The van der Waals surface area contributed by atoms with Crippen LogP contribution in [0.5, 0.6) is 0 Å². The van der Waals surface area contributed by atoms with Gasteiger partial charge in [0, 0.05) is 19.3 Å². The lowest BCUT2D eigenvalue weighted by Gasteiger charge is -2.58. The van der Waals surface area contributed by atoms with Crippen LogP contribution in [0.15, 0.2) is 23.3 Å². The standard InChI is InChI=1S/C24H36O7/c1-11-15-10-16-19(28)20(30-13(3)25)12(2)18(23(16,5)6)21(31-14(4)26)22(29)24(15,7)9-8-17(11)27/h15-17,19-22,27-29H,1,8-10H2,2-7H3. The molecule has 8 unspecified atom stereocenters. The molecule has 0 aliphatic heterocycles. The average molecular weight is 437 g/mol. The Kier molecular flexibility index (Phi) is 6.19. The van der Waals surface area contributed by atoms with Crippen LogP contribution in [0.1, 0.15) is 60.8 Å².